The quantitative estimate of drug-likeness (QED) is 0.498. The molecule has 0 heterocycles. The molecule has 2 N–H and O–H groups in total. The predicted octanol–water partition coefficient (Wildman–Crippen LogP) is 0.549. The standard InChI is InChI=1S/C12H22N2O3/c1-4-17-12(16)6-5-7-14(8-10(2)3)9-11(13)15/h5-6,10H,4,7-9H2,1-3H3,(H2,13,15)/b6-5+. The highest BCUT2D eigenvalue weighted by Gasteiger charge is 2.08. The van der Waals surface area contributed by atoms with E-state index < -0.39 is 0 Å². The first-order valence-corrected chi connectivity index (χ1v) is 5.79. The van der Waals surface area contributed by atoms with E-state index in [9.17, 15) is 9.59 Å². The van der Waals surface area contributed by atoms with Gasteiger partial charge in [0.2, 0.25) is 5.91 Å². The first kappa shape index (κ1) is 15.6. The van der Waals surface area contributed by atoms with Gasteiger partial charge in [-0.15, -0.1) is 0 Å². The Balaban J connectivity index is 4.14. The van der Waals surface area contributed by atoms with E-state index in [1.165, 1.54) is 6.08 Å². The molecule has 0 aromatic rings. The molecule has 5 nitrogen and oxygen atoms in total. The fraction of sp³-hybridized carbons (Fsp3) is 0.667. The average Bonchev–Trinajstić information content (AvgIpc) is 2.15. The number of carbonyl (C=O) groups is 2. The van der Waals surface area contributed by atoms with E-state index >= 15 is 0 Å². The van der Waals surface area contributed by atoms with Gasteiger partial charge in [0.1, 0.15) is 0 Å². The summed E-state index contributed by atoms with van der Waals surface area (Å²) in [5.41, 5.74) is 5.15. The molecule has 0 rings (SSSR count). The molecule has 0 unspecified atom stereocenters. The lowest BCUT2D eigenvalue weighted by atomic mass is 10.2. The predicted molar refractivity (Wildman–Crippen MR) is 66.2 cm³/mol. The molecular formula is C12H22N2O3. The van der Waals surface area contributed by atoms with Crippen molar-refractivity contribution in [3.63, 3.8) is 0 Å². The molecule has 98 valence electrons. The Hall–Kier alpha value is -1.36. The Morgan fingerprint density at radius 2 is 2.06 bits per heavy atom. The van der Waals surface area contributed by atoms with Crippen LogP contribution in [-0.4, -0.2) is 43.0 Å². The van der Waals surface area contributed by atoms with Gasteiger partial charge in [0.15, 0.2) is 0 Å². The van der Waals surface area contributed by atoms with E-state index in [-0.39, 0.29) is 18.4 Å². The van der Waals surface area contributed by atoms with Gasteiger partial charge in [-0.25, -0.2) is 4.79 Å². The lowest BCUT2D eigenvalue weighted by molar-refractivity contribution is -0.137. The molecule has 0 bridgehead atoms. The molecule has 0 spiro atoms. The van der Waals surface area contributed by atoms with Crippen LogP contribution >= 0.6 is 0 Å². The third-order valence-electron chi connectivity index (χ3n) is 1.91. The van der Waals surface area contributed by atoms with Gasteiger partial charge >= 0.3 is 5.97 Å². The highest BCUT2D eigenvalue weighted by Crippen LogP contribution is 1.98. The minimum atomic E-state index is -0.366. The minimum absolute atomic E-state index is 0.200. The van der Waals surface area contributed by atoms with E-state index in [0.29, 0.717) is 19.1 Å². The van der Waals surface area contributed by atoms with Gasteiger partial charge in [-0.2, -0.15) is 0 Å². The van der Waals surface area contributed by atoms with Crippen LogP contribution in [0.15, 0.2) is 12.2 Å². The van der Waals surface area contributed by atoms with Crippen molar-refractivity contribution < 1.29 is 14.3 Å². The van der Waals surface area contributed by atoms with Crippen LogP contribution in [0.5, 0.6) is 0 Å². The number of nitrogens with two attached hydrogens (primary N) is 1. The van der Waals surface area contributed by atoms with Gasteiger partial charge in [0, 0.05) is 19.2 Å². The van der Waals surface area contributed by atoms with Crippen molar-refractivity contribution in [2.45, 2.75) is 20.8 Å². The molecule has 0 aromatic carbocycles. The minimum Gasteiger partial charge on any atom is -0.463 e. The summed E-state index contributed by atoms with van der Waals surface area (Å²) in [6, 6.07) is 0. The molecule has 0 fully saturated rings. The van der Waals surface area contributed by atoms with Crippen LogP contribution in [0.3, 0.4) is 0 Å². The fourth-order valence-corrected chi connectivity index (χ4v) is 1.43. The Morgan fingerprint density at radius 1 is 1.41 bits per heavy atom. The van der Waals surface area contributed by atoms with Crippen molar-refractivity contribution in [3.05, 3.63) is 12.2 Å². The molecule has 0 aliphatic rings. The fourth-order valence-electron chi connectivity index (χ4n) is 1.43. The van der Waals surface area contributed by atoms with Crippen LogP contribution in [0.1, 0.15) is 20.8 Å². The van der Waals surface area contributed by atoms with Crippen LogP contribution in [-0.2, 0) is 14.3 Å². The summed E-state index contributed by atoms with van der Waals surface area (Å²) < 4.78 is 4.75. The summed E-state index contributed by atoms with van der Waals surface area (Å²) >= 11 is 0. The number of nitrogens with zero attached hydrogens (tertiary/aromatic N) is 1. The number of carbonyl (C=O) groups excluding carboxylic acids is 2. The summed E-state index contributed by atoms with van der Waals surface area (Å²) in [5, 5.41) is 0. The summed E-state index contributed by atoms with van der Waals surface area (Å²) in [6.45, 7) is 7.71. The maximum absolute atomic E-state index is 11.0. The number of ether oxygens (including phenoxy) is 1. The van der Waals surface area contributed by atoms with Gasteiger partial charge in [0.05, 0.1) is 13.2 Å². The highest BCUT2D eigenvalue weighted by atomic mass is 16.5. The van der Waals surface area contributed by atoms with Crippen LogP contribution in [0.2, 0.25) is 0 Å². The summed E-state index contributed by atoms with van der Waals surface area (Å²) in [7, 11) is 0. The molecule has 0 aliphatic carbocycles. The second-order valence-corrected chi connectivity index (χ2v) is 4.21. The third kappa shape index (κ3) is 9.56. The third-order valence-corrected chi connectivity index (χ3v) is 1.91. The first-order valence-electron chi connectivity index (χ1n) is 5.79. The van der Waals surface area contributed by atoms with Crippen LogP contribution in [0.4, 0.5) is 0 Å². The summed E-state index contributed by atoms with van der Waals surface area (Å²) in [6.07, 6.45) is 3.06. The summed E-state index contributed by atoms with van der Waals surface area (Å²) in [4.78, 5) is 23.8. The van der Waals surface area contributed by atoms with Gasteiger partial charge in [-0.1, -0.05) is 19.9 Å². The average molecular weight is 242 g/mol. The normalized spacial score (nSPS) is 11.4. The maximum Gasteiger partial charge on any atom is 0.330 e. The van der Waals surface area contributed by atoms with Gasteiger partial charge in [-0.05, 0) is 12.8 Å². The van der Waals surface area contributed by atoms with Gasteiger partial charge < -0.3 is 10.5 Å². The van der Waals surface area contributed by atoms with E-state index in [4.69, 9.17) is 10.5 Å². The number of hydrogen-bond acceptors (Lipinski definition) is 4. The first-order chi connectivity index (χ1) is 7.95. The monoisotopic (exact) mass is 242 g/mol. The van der Waals surface area contributed by atoms with E-state index in [1.54, 1.807) is 13.0 Å². The molecule has 0 saturated carbocycles. The van der Waals surface area contributed by atoms with Crippen molar-refractivity contribution in [1.29, 1.82) is 0 Å². The Morgan fingerprint density at radius 3 is 2.53 bits per heavy atom. The maximum atomic E-state index is 11.0. The van der Waals surface area contributed by atoms with Crippen molar-refractivity contribution in [2.24, 2.45) is 11.7 Å². The Kier molecular flexibility index (Phi) is 8.05. The lowest BCUT2D eigenvalue weighted by Gasteiger charge is -2.20. The number of rotatable bonds is 8. The largest absolute Gasteiger partial charge is 0.463 e. The zero-order chi connectivity index (χ0) is 13.3. The zero-order valence-corrected chi connectivity index (χ0v) is 10.8. The molecule has 5 heteroatoms. The number of primary amides is 1. The SMILES string of the molecule is CCOC(=O)/C=C/CN(CC(N)=O)CC(C)C. The van der Waals surface area contributed by atoms with E-state index in [2.05, 4.69) is 13.8 Å². The Bertz CT molecular complexity index is 275. The zero-order valence-electron chi connectivity index (χ0n) is 10.8. The molecule has 0 radical (unpaired) electrons. The molecule has 0 atom stereocenters. The number of hydrogen-bond donors (Lipinski definition) is 1. The second-order valence-electron chi connectivity index (χ2n) is 4.21. The molecular weight excluding hydrogens is 220 g/mol. The van der Waals surface area contributed by atoms with E-state index in [1.807, 2.05) is 4.90 Å². The van der Waals surface area contributed by atoms with Crippen LogP contribution in [0.25, 0.3) is 0 Å². The van der Waals surface area contributed by atoms with Crippen molar-refractivity contribution in [3.8, 4) is 0 Å². The van der Waals surface area contributed by atoms with Crippen LogP contribution in [0, 0.1) is 5.92 Å². The van der Waals surface area contributed by atoms with Crippen molar-refractivity contribution >= 4 is 11.9 Å². The number of amides is 1. The topological polar surface area (TPSA) is 72.6 Å². The molecule has 17 heavy (non-hydrogen) atoms. The number of esters is 1. The van der Waals surface area contributed by atoms with Gasteiger partial charge in [0.25, 0.3) is 0 Å². The van der Waals surface area contributed by atoms with Gasteiger partial charge in [-0.3, -0.25) is 9.69 Å². The van der Waals surface area contributed by atoms with E-state index in [0.717, 1.165) is 6.54 Å². The summed E-state index contributed by atoms with van der Waals surface area (Å²) in [5.74, 6) is -0.295. The van der Waals surface area contributed by atoms with Crippen LogP contribution < -0.4 is 5.73 Å². The molecule has 0 saturated heterocycles. The highest BCUT2D eigenvalue weighted by molar-refractivity contribution is 5.81. The lowest BCUT2D eigenvalue weighted by Crippen LogP contribution is -2.36. The smallest absolute Gasteiger partial charge is 0.330 e. The van der Waals surface area contributed by atoms with Crippen molar-refractivity contribution in [1.82, 2.24) is 4.90 Å². The van der Waals surface area contributed by atoms with Crippen molar-refractivity contribution in [2.75, 3.05) is 26.2 Å². The molecule has 1 amide bonds. The molecule has 0 aliphatic heterocycles. The Labute approximate surface area is 103 Å². The second kappa shape index (κ2) is 8.75. The molecule has 0 aromatic heterocycles.